The highest BCUT2D eigenvalue weighted by Gasteiger charge is 2.17. The average molecular weight is 283 g/mol. The molecule has 1 aromatic rings. The van der Waals surface area contributed by atoms with Crippen molar-refractivity contribution in [3.8, 4) is 0 Å². The molecule has 0 amide bonds. The monoisotopic (exact) mass is 282 g/mol. The van der Waals surface area contributed by atoms with E-state index in [2.05, 4.69) is 46.8 Å². The summed E-state index contributed by atoms with van der Waals surface area (Å²) >= 11 is 3.61. The van der Waals surface area contributed by atoms with Gasteiger partial charge in [0.05, 0.1) is 0 Å². The smallest absolute Gasteiger partial charge is 0.0372 e. The van der Waals surface area contributed by atoms with Crippen LogP contribution in [-0.4, -0.2) is 19.1 Å². The molecule has 2 nitrogen and oxygen atoms in total. The summed E-state index contributed by atoms with van der Waals surface area (Å²) in [5.74, 6) is 0. The van der Waals surface area contributed by atoms with Crippen LogP contribution < -0.4 is 10.6 Å². The molecular weight excluding hydrogens is 264 g/mol. The van der Waals surface area contributed by atoms with Crippen molar-refractivity contribution in [2.24, 2.45) is 5.73 Å². The maximum Gasteiger partial charge on any atom is 0.0372 e. The third kappa shape index (κ3) is 2.41. The zero-order valence-electron chi connectivity index (χ0n) is 9.96. The largest absolute Gasteiger partial charge is 0.370 e. The molecule has 2 rings (SSSR count). The van der Waals surface area contributed by atoms with Gasteiger partial charge in [-0.25, -0.2) is 0 Å². The highest BCUT2D eigenvalue weighted by atomic mass is 79.9. The molecule has 0 aliphatic carbocycles. The van der Waals surface area contributed by atoms with E-state index < -0.39 is 0 Å². The molecule has 1 aromatic carbocycles. The van der Waals surface area contributed by atoms with Crippen molar-refractivity contribution in [3.63, 3.8) is 0 Å². The van der Waals surface area contributed by atoms with Crippen LogP contribution in [0.2, 0.25) is 0 Å². The van der Waals surface area contributed by atoms with Crippen LogP contribution in [0.4, 0.5) is 5.69 Å². The van der Waals surface area contributed by atoms with E-state index in [0.717, 1.165) is 19.5 Å². The molecule has 1 heterocycles. The van der Waals surface area contributed by atoms with Crippen molar-refractivity contribution in [1.82, 2.24) is 0 Å². The minimum Gasteiger partial charge on any atom is -0.370 e. The van der Waals surface area contributed by atoms with E-state index in [4.69, 9.17) is 5.73 Å². The zero-order chi connectivity index (χ0) is 11.7. The normalized spacial score (nSPS) is 21.2. The van der Waals surface area contributed by atoms with E-state index in [1.54, 1.807) is 0 Å². The summed E-state index contributed by atoms with van der Waals surface area (Å²) in [6.45, 7) is 6.41. The predicted octanol–water partition coefficient (Wildman–Crippen LogP) is 2.99. The van der Waals surface area contributed by atoms with Crippen LogP contribution in [0, 0.1) is 13.8 Å². The number of aryl methyl sites for hydroxylation is 2. The number of halogens is 1. The molecule has 1 fully saturated rings. The van der Waals surface area contributed by atoms with Crippen molar-refractivity contribution in [2.45, 2.75) is 32.7 Å². The predicted molar refractivity (Wildman–Crippen MR) is 73.0 cm³/mol. The van der Waals surface area contributed by atoms with E-state index in [0.29, 0.717) is 6.04 Å². The maximum absolute atomic E-state index is 6.02. The van der Waals surface area contributed by atoms with Gasteiger partial charge >= 0.3 is 0 Å². The van der Waals surface area contributed by atoms with E-state index in [1.165, 1.54) is 27.7 Å². The number of hydrogen-bond donors (Lipinski definition) is 1. The summed E-state index contributed by atoms with van der Waals surface area (Å²) in [6, 6.07) is 4.82. The van der Waals surface area contributed by atoms with Crippen molar-refractivity contribution in [3.05, 3.63) is 27.7 Å². The second kappa shape index (κ2) is 4.76. The molecule has 0 aromatic heterocycles. The topological polar surface area (TPSA) is 29.3 Å². The molecular formula is C13H19BrN2. The fourth-order valence-electron chi connectivity index (χ4n) is 2.35. The Kier molecular flexibility index (Phi) is 3.55. The highest BCUT2D eigenvalue weighted by Crippen LogP contribution is 2.28. The molecule has 2 N–H and O–H groups in total. The van der Waals surface area contributed by atoms with E-state index >= 15 is 0 Å². The number of piperidine rings is 1. The second-order valence-electron chi connectivity index (χ2n) is 4.74. The minimum absolute atomic E-state index is 0.331. The quantitative estimate of drug-likeness (QED) is 0.858. The Morgan fingerprint density at radius 1 is 1.31 bits per heavy atom. The number of rotatable bonds is 1. The van der Waals surface area contributed by atoms with Gasteiger partial charge in [0, 0.05) is 29.3 Å². The van der Waals surface area contributed by atoms with E-state index in [-0.39, 0.29) is 0 Å². The lowest BCUT2D eigenvalue weighted by Gasteiger charge is -2.33. The Balaban J connectivity index is 2.26. The Morgan fingerprint density at radius 3 is 2.50 bits per heavy atom. The first kappa shape index (κ1) is 11.9. The molecule has 0 saturated carbocycles. The van der Waals surface area contributed by atoms with Gasteiger partial charge in [-0.05, 0) is 49.9 Å². The Bertz CT molecular complexity index is 367. The molecule has 1 aliphatic rings. The van der Waals surface area contributed by atoms with Crippen LogP contribution in [0.3, 0.4) is 0 Å². The van der Waals surface area contributed by atoms with Crippen molar-refractivity contribution in [1.29, 1.82) is 0 Å². The maximum atomic E-state index is 6.02. The zero-order valence-corrected chi connectivity index (χ0v) is 11.5. The van der Waals surface area contributed by atoms with Crippen molar-refractivity contribution >= 4 is 21.6 Å². The molecule has 1 atom stereocenters. The van der Waals surface area contributed by atoms with Gasteiger partial charge in [-0.3, -0.25) is 0 Å². The van der Waals surface area contributed by atoms with Crippen LogP contribution in [0.15, 0.2) is 16.6 Å². The van der Waals surface area contributed by atoms with Crippen LogP contribution in [0.25, 0.3) is 0 Å². The highest BCUT2D eigenvalue weighted by molar-refractivity contribution is 9.10. The molecule has 1 saturated heterocycles. The first-order chi connectivity index (χ1) is 7.58. The van der Waals surface area contributed by atoms with Gasteiger partial charge in [-0.15, -0.1) is 0 Å². The fraction of sp³-hybridized carbons (Fsp3) is 0.538. The van der Waals surface area contributed by atoms with Gasteiger partial charge in [0.25, 0.3) is 0 Å². The van der Waals surface area contributed by atoms with Gasteiger partial charge in [-0.2, -0.15) is 0 Å². The van der Waals surface area contributed by atoms with Crippen molar-refractivity contribution in [2.75, 3.05) is 18.0 Å². The summed E-state index contributed by atoms with van der Waals surface area (Å²) in [7, 11) is 0. The third-order valence-corrected chi connectivity index (χ3v) is 4.50. The SMILES string of the molecule is Cc1cc(N2CCCC(N)C2)cc(C)c1Br. The molecule has 0 bridgehead atoms. The standard InChI is InChI=1S/C13H19BrN2/c1-9-6-12(7-10(2)13(9)14)16-5-3-4-11(15)8-16/h6-7,11H,3-5,8,15H2,1-2H3. The first-order valence-electron chi connectivity index (χ1n) is 5.85. The van der Waals surface area contributed by atoms with Gasteiger partial charge < -0.3 is 10.6 Å². The van der Waals surface area contributed by atoms with Gasteiger partial charge in [0.2, 0.25) is 0 Å². The van der Waals surface area contributed by atoms with Gasteiger partial charge in [0.15, 0.2) is 0 Å². The number of hydrogen-bond acceptors (Lipinski definition) is 2. The summed E-state index contributed by atoms with van der Waals surface area (Å²) in [5, 5.41) is 0. The fourth-order valence-corrected chi connectivity index (χ4v) is 2.58. The lowest BCUT2D eigenvalue weighted by molar-refractivity contribution is 0.506. The van der Waals surface area contributed by atoms with E-state index in [9.17, 15) is 0 Å². The Morgan fingerprint density at radius 2 is 1.94 bits per heavy atom. The van der Waals surface area contributed by atoms with Crippen LogP contribution in [0.1, 0.15) is 24.0 Å². The molecule has 0 spiro atoms. The van der Waals surface area contributed by atoms with Crippen LogP contribution >= 0.6 is 15.9 Å². The molecule has 16 heavy (non-hydrogen) atoms. The average Bonchev–Trinajstić information content (AvgIpc) is 2.25. The molecule has 1 aliphatic heterocycles. The first-order valence-corrected chi connectivity index (χ1v) is 6.64. The number of nitrogens with zero attached hydrogens (tertiary/aromatic N) is 1. The minimum atomic E-state index is 0.331. The number of nitrogens with two attached hydrogens (primary N) is 1. The summed E-state index contributed by atoms with van der Waals surface area (Å²) in [6.07, 6.45) is 2.36. The summed E-state index contributed by atoms with van der Waals surface area (Å²) in [4.78, 5) is 2.40. The van der Waals surface area contributed by atoms with Crippen molar-refractivity contribution < 1.29 is 0 Å². The molecule has 3 heteroatoms. The summed E-state index contributed by atoms with van der Waals surface area (Å²) in [5.41, 5.74) is 9.93. The van der Waals surface area contributed by atoms with Crippen LogP contribution in [-0.2, 0) is 0 Å². The Labute approximate surface area is 106 Å². The number of anilines is 1. The molecule has 88 valence electrons. The second-order valence-corrected chi connectivity index (χ2v) is 5.53. The lowest BCUT2D eigenvalue weighted by atomic mass is 10.0. The number of benzene rings is 1. The molecule has 1 unspecified atom stereocenters. The van der Waals surface area contributed by atoms with Gasteiger partial charge in [-0.1, -0.05) is 15.9 Å². The lowest BCUT2D eigenvalue weighted by Crippen LogP contribution is -2.42. The van der Waals surface area contributed by atoms with Crippen LogP contribution in [0.5, 0.6) is 0 Å². The third-order valence-electron chi connectivity index (χ3n) is 3.24. The Hall–Kier alpha value is -0.540. The summed E-state index contributed by atoms with van der Waals surface area (Å²) < 4.78 is 1.22. The van der Waals surface area contributed by atoms with Gasteiger partial charge in [0.1, 0.15) is 0 Å². The van der Waals surface area contributed by atoms with E-state index in [1.807, 2.05) is 0 Å². The molecule has 0 radical (unpaired) electrons.